The van der Waals surface area contributed by atoms with Crippen LogP contribution in [-0.2, 0) is 9.59 Å². The quantitative estimate of drug-likeness (QED) is 0.478. The van der Waals surface area contributed by atoms with Crippen LogP contribution in [0.5, 0.6) is 11.5 Å². The molecule has 32 heavy (non-hydrogen) atoms. The van der Waals surface area contributed by atoms with Crippen LogP contribution in [-0.4, -0.2) is 42.2 Å². The minimum atomic E-state index is -0.568. The number of hydrogen-bond donors (Lipinski definition) is 1. The third-order valence-electron chi connectivity index (χ3n) is 4.36. The Bertz CT molecular complexity index is 1140. The number of halogens is 1. The number of carbonyl (C=O) groups is 3. The van der Waals surface area contributed by atoms with E-state index in [1.54, 1.807) is 24.3 Å². The van der Waals surface area contributed by atoms with Gasteiger partial charge in [-0.25, -0.2) is 0 Å². The molecule has 0 spiro atoms. The van der Waals surface area contributed by atoms with Gasteiger partial charge in [0.2, 0.25) is 5.91 Å². The summed E-state index contributed by atoms with van der Waals surface area (Å²) in [5.74, 6) is 1.91. The molecule has 0 aliphatic carbocycles. The molecule has 1 N–H and O–H groups in total. The molecule has 0 unspecified atom stereocenters. The molecule has 0 atom stereocenters. The zero-order valence-electron chi connectivity index (χ0n) is 17.3. The molecule has 3 amide bonds. The summed E-state index contributed by atoms with van der Waals surface area (Å²) in [6.45, 7) is 1.55. The van der Waals surface area contributed by atoms with Crippen molar-refractivity contribution in [2.75, 3.05) is 25.6 Å². The van der Waals surface area contributed by atoms with Crippen molar-refractivity contribution in [3.63, 3.8) is 0 Å². The maximum absolute atomic E-state index is 12.7. The average molecular weight is 471 g/mol. The second kappa shape index (κ2) is 10.3. The second-order valence-electron chi connectivity index (χ2n) is 6.71. The highest BCUT2D eigenvalue weighted by atomic mass is 35.5. The Balaban J connectivity index is 1.75. The standard InChI is InChI=1S/C23H19ClN2O5S/c1-4-9-31-21-17(24)10-15(11-18(21)30-3)12-19-22(28)26(23(29)32-19)13-20(27)25-16-7-5-14(2)6-8-16/h1,5-8,10-12H,9,13H2,2-3H3,(H,25,27). The third-order valence-corrected chi connectivity index (χ3v) is 5.55. The number of terminal acetylenes is 1. The van der Waals surface area contributed by atoms with Gasteiger partial charge < -0.3 is 14.8 Å². The van der Waals surface area contributed by atoms with E-state index in [-0.39, 0.29) is 22.3 Å². The Hall–Kier alpha value is -3.41. The normalized spacial score (nSPS) is 14.4. The molecular formula is C23H19ClN2O5S. The monoisotopic (exact) mass is 470 g/mol. The summed E-state index contributed by atoms with van der Waals surface area (Å²) in [4.78, 5) is 38.4. The SMILES string of the molecule is C#CCOc1c(Cl)cc(C=C2SC(=O)N(CC(=O)Nc3ccc(C)cc3)C2=O)cc1OC. The smallest absolute Gasteiger partial charge is 0.294 e. The first-order valence-electron chi connectivity index (χ1n) is 9.38. The zero-order chi connectivity index (χ0) is 23.3. The molecule has 9 heteroatoms. The number of carbonyl (C=O) groups excluding carboxylic acids is 3. The van der Waals surface area contributed by atoms with Gasteiger partial charge >= 0.3 is 0 Å². The maximum atomic E-state index is 12.7. The van der Waals surface area contributed by atoms with Crippen LogP contribution in [0.1, 0.15) is 11.1 Å². The van der Waals surface area contributed by atoms with Gasteiger partial charge in [0.05, 0.1) is 17.0 Å². The Labute approximate surface area is 194 Å². The minimum Gasteiger partial charge on any atom is -0.493 e. The second-order valence-corrected chi connectivity index (χ2v) is 8.11. The predicted octanol–water partition coefficient (Wildman–Crippen LogP) is 4.34. The lowest BCUT2D eigenvalue weighted by atomic mass is 10.1. The van der Waals surface area contributed by atoms with E-state index in [1.807, 2.05) is 19.1 Å². The first-order chi connectivity index (χ1) is 15.3. The van der Waals surface area contributed by atoms with Crippen molar-refractivity contribution in [1.29, 1.82) is 0 Å². The fourth-order valence-electron chi connectivity index (χ4n) is 2.85. The molecule has 164 valence electrons. The number of aryl methyl sites for hydroxylation is 1. The summed E-state index contributed by atoms with van der Waals surface area (Å²) < 4.78 is 10.7. The lowest BCUT2D eigenvalue weighted by Gasteiger charge is -2.13. The van der Waals surface area contributed by atoms with E-state index in [9.17, 15) is 14.4 Å². The number of nitrogens with zero attached hydrogens (tertiary/aromatic N) is 1. The number of thioether (sulfide) groups is 1. The van der Waals surface area contributed by atoms with Crippen molar-refractivity contribution in [2.24, 2.45) is 0 Å². The molecule has 1 saturated heterocycles. The molecule has 1 heterocycles. The van der Waals surface area contributed by atoms with Gasteiger partial charge in [0.1, 0.15) is 13.2 Å². The van der Waals surface area contributed by atoms with Crippen molar-refractivity contribution in [1.82, 2.24) is 4.90 Å². The van der Waals surface area contributed by atoms with Gasteiger partial charge in [-0.15, -0.1) is 6.42 Å². The number of benzene rings is 2. The van der Waals surface area contributed by atoms with Gasteiger partial charge in [0, 0.05) is 5.69 Å². The summed E-state index contributed by atoms with van der Waals surface area (Å²) in [5.41, 5.74) is 2.15. The van der Waals surface area contributed by atoms with Crippen LogP contribution in [0.15, 0.2) is 41.3 Å². The van der Waals surface area contributed by atoms with Gasteiger partial charge in [-0.3, -0.25) is 19.3 Å². The van der Waals surface area contributed by atoms with E-state index in [2.05, 4.69) is 11.2 Å². The predicted molar refractivity (Wildman–Crippen MR) is 125 cm³/mol. The fourth-order valence-corrected chi connectivity index (χ4v) is 3.96. The molecule has 0 bridgehead atoms. The molecule has 7 nitrogen and oxygen atoms in total. The van der Waals surface area contributed by atoms with Crippen molar-refractivity contribution >= 4 is 52.2 Å². The first-order valence-corrected chi connectivity index (χ1v) is 10.6. The van der Waals surface area contributed by atoms with E-state index in [0.29, 0.717) is 17.0 Å². The van der Waals surface area contributed by atoms with Crippen molar-refractivity contribution in [3.8, 4) is 23.8 Å². The Kier molecular flexibility index (Phi) is 7.46. The topological polar surface area (TPSA) is 84.9 Å². The number of anilines is 1. The van der Waals surface area contributed by atoms with Crippen LogP contribution in [0, 0.1) is 19.3 Å². The third kappa shape index (κ3) is 5.44. The highest BCUT2D eigenvalue weighted by Gasteiger charge is 2.36. The highest BCUT2D eigenvalue weighted by molar-refractivity contribution is 8.18. The van der Waals surface area contributed by atoms with E-state index in [4.69, 9.17) is 27.5 Å². The van der Waals surface area contributed by atoms with Crippen LogP contribution in [0.3, 0.4) is 0 Å². The van der Waals surface area contributed by atoms with Crippen LogP contribution in [0.2, 0.25) is 5.02 Å². The number of ether oxygens (including phenoxy) is 2. The molecule has 0 radical (unpaired) electrons. The lowest BCUT2D eigenvalue weighted by molar-refractivity contribution is -0.127. The molecule has 0 saturated carbocycles. The number of hydrogen-bond acceptors (Lipinski definition) is 6. The number of imide groups is 1. The summed E-state index contributed by atoms with van der Waals surface area (Å²) in [6.07, 6.45) is 6.71. The molecular weight excluding hydrogens is 452 g/mol. The van der Waals surface area contributed by atoms with Crippen molar-refractivity contribution in [3.05, 3.63) is 57.5 Å². The Morgan fingerprint density at radius 3 is 2.66 bits per heavy atom. The van der Waals surface area contributed by atoms with E-state index < -0.39 is 23.6 Å². The van der Waals surface area contributed by atoms with Crippen LogP contribution in [0.25, 0.3) is 6.08 Å². The summed E-state index contributed by atoms with van der Waals surface area (Å²) >= 11 is 7.00. The number of methoxy groups -OCH3 is 1. The fraction of sp³-hybridized carbons (Fsp3) is 0.174. The summed E-state index contributed by atoms with van der Waals surface area (Å²) in [5, 5.41) is 2.38. The highest BCUT2D eigenvalue weighted by Crippen LogP contribution is 2.38. The Morgan fingerprint density at radius 2 is 2.00 bits per heavy atom. The van der Waals surface area contributed by atoms with Gasteiger partial charge in [0.25, 0.3) is 11.1 Å². The molecule has 1 fully saturated rings. The zero-order valence-corrected chi connectivity index (χ0v) is 18.9. The molecule has 2 aromatic carbocycles. The van der Waals surface area contributed by atoms with Gasteiger partial charge in [-0.05, 0) is 54.6 Å². The Morgan fingerprint density at radius 1 is 1.28 bits per heavy atom. The average Bonchev–Trinajstić information content (AvgIpc) is 3.01. The van der Waals surface area contributed by atoms with Gasteiger partial charge in [-0.2, -0.15) is 0 Å². The van der Waals surface area contributed by atoms with Crippen molar-refractivity contribution < 1.29 is 23.9 Å². The number of nitrogens with one attached hydrogen (secondary N) is 1. The van der Waals surface area contributed by atoms with Crippen LogP contribution >= 0.6 is 23.4 Å². The van der Waals surface area contributed by atoms with E-state index in [0.717, 1.165) is 22.2 Å². The minimum absolute atomic E-state index is 0.0129. The lowest BCUT2D eigenvalue weighted by Crippen LogP contribution is -2.36. The summed E-state index contributed by atoms with van der Waals surface area (Å²) in [6, 6.07) is 10.4. The van der Waals surface area contributed by atoms with Gasteiger partial charge in [-0.1, -0.05) is 35.2 Å². The van der Waals surface area contributed by atoms with Crippen LogP contribution in [0.4, 0.5) is 10.5 Å². The van der Waals surface area contributed by atoms with Gasteiger partial charge in [0.15, 0.2) is 11.5 Å². The summed E-state index contributed by atoms with van der Waals surface area (Å²) in [7, 11) is 1.44. The number of rotatable bonds is 7. The van der Waals surface area contributed by atoms with E-state index >= 15 is 0 Å². The number of amides is 3. The molecule has 1 aliphatic heterocycles. The molecule has 3 rings (SSSR count). The molecule has 1 aliphatic rings. The van der Waals surface area contributed by atoms with E-state index in [1.165, 1.54) is 13.2 Å². The first kappa shape index (κ1) is 23.3. The van der Waals surface area contributed by atoms with Crippen LogP contribution < -0.4 is 14.8 Å². The molecule has 0 aromatic heterocycles. The molecule has 2 aromatic rings. The van der Waals surface area contributed by atoms with Crippen molar-refractivity contribution in [2.45, 2.75) is 6.92 Å². The maximum Gasteiger partial charge on any atom is 0.294 e. The largest absolute Gasteiger partial charge is 0.493 e.